The van der Waals surface area contributed by atoms with E-state index in [9.17, 15) is 4.79 Å². The summed E-state index contributed by atoms with van der Waals surface area (Å²) in [5.74, 6) is 0.918. The first kappa shape index (κ1) is 12.8. The van der Waals surface area contributed by atoms with Crippen LogP contribution in [0.5, 0.6) is 0 Å². The average molecular weight is 239 g/mol. The number of nitrogens with zero attached hydrogens (tertiary/aromatic N) is 1. The molecule has 1 amide bonds. The Morgan fingerprint density at radius 2 is 2.24 bits per heavy atom. The lowest BCUT2D eigenvalue weighted by Crippen LogP contribution is -2.43. The Labute approximate surface area is 104 Å². The normalized spacial score (nSPS) is 24.9. The van der Waals surface area contributed by atoms with Crippen LogP contribution in [-0.2, 0) is 4.79 Å². The molecule has 2 fully saturated rings. The van der Waals surface area contributed by atoms with E-state index >= 15 is 0 Å². The number of likely N-dealkylation sites (N-methyl/N-ethyl adjacent to an activating group) is 1. The van der Waals surface area contributed by atoms with E-state index in [0.29, 0.717) is 12.6 Å². The fourth-order valence-electron chi connectivity index (χ4n) is 2.63. The van der Waals surface area contributed by atoms with Crippen molar-refractivity contribution in [2.75, 3.05) is 32.7 Å². The zero-order valence-corrected chi connectivity index (χ0v) is 10.9. The third-order valence-electron chi connectivity index (χ3n) is 3.68. The first-order valence-corrected chi connectivity index (χ1v) is 7.01. The van der Waals surface area contributed by atoms with E-state index in [2.05, 4.69) is 15.5 Å². The summed E-state index contributed by atoms with van der Waals surface area (Å²) >= 11 is 0. The van der Waals surface area contributed by atoms with Crippen LogP contribution >= 0.6 is 0 Å². The van der Waals surface area contributed by atoms with Crippen LogP contribution in [0.15, 0.2) is 0 Å². The predicted octanol–water partition coefficient (Wildman–Crippen LogP) is 0.587. The molecule has 4 heteroatoms. The molecule has 1 aliphatic carbocycles. The lowest BCUT2D eigenvalue weighted by atomic mass is 9.99. The number of hydrogen-bond acceptors (Lipinski definition) is 3. The Bertz CT molecular complexity index is 247. The van der Waals surface area contributed by atoms with E-state index < -0.39 is 0 Å². The fraction of sp³-hybridized carbons (Fsp3) is 0.923. The molecular formula is C13H25N3O. The van der Waals surface area contributed by atoms with Crippen LogP contribution in [0, 0.1) is 5.92 Å². The highest BCUT2D eigenvalue weighted by Crippen LogP contribution is 2.28. The van der Waals surface area contributed by atoms with E-state index in [1.807, 2.05) is 6.92 Å². The smallest absolute Gasteiger partial charge is 0.234 e. The van der Waals surface area contributed by atoms with Crippen molar-refractivity contribution in [2.45, 2.75) is 38.6 Å². The number of carbonyl (C=O) groups is 1. The Morgan fingerprint density at radius 3 is 2.82 bits per heavy atom. The van der Waals surface area contributed by atoms with Gasteiger partial charge in [-0.05, 0) is 51.6 Å². The number of nitrogens with one attached hydrogen (secondary N) is 2. The maximum absolute atomic E-state index is 11.7. The molecule has 1 unspecified atom stereocenters. The summed E-state index contributed by atoms with van der Waals surface area (Å²) in [6, 6.07) is 0.680. The molecule has 0 aromatic heterocycles. The molecule has 0 radical (unpaired) electrons. The molecule has 2 rings (SSSR count). The molecule has 0 aromatic carbocycles. The van der Waals surface area contributed by atoms with E-state index in [0.717, 1.165) is 32.1 Å². The van der Waals surface area contributed by atoms with Gasteiger partial charge >= 0.3 is 0 Å². The summed E-state index contributed by atoms with van der Waals surface area (Å²) < 4.78 is 0. The van der Waals surface area contributed by atoms with E-state index in [4.69, 9.17) is 0 Å². The van der Waals surface area contributed by atoms with Gasteiger partial charge in [-0.2, -0.15) is 0 Å². The zero-order valence-electron chi connectivity index (χ0n) is 10.9. The van der Waals surface area contributed by atoms with Crippen LogP contribution in [-0.4, -0.2) is 49.6 Å². The zero-order chi connectivity index (χ0) is 12.1. The lowest BCUT2D eigenvalue weighted by molar-refractivity contribution is -0.122. The van der Waals surface area contributed by atoms with Crippen LogP contribution in [0.3, 0.4) is 0 Å². The number of amides is 1. The highest BCUT2D eigenvalue weighted by atomic mass is 16.2. The van der Waals surface area contributed by atoms with Crippen LogP contribution in [0.4, 0.5) is 0 Å². The minimum absolute atomic E-state index is 0.183. The van der Waals surface area contributed by atoms with Gasteiger partial charge < -0.3 is 10.6 Å². The van der Waals surface area contributed by atoms with Crippen molar-refractivity contribution in [2.24, 2.45) is 5.92 Å². The highest BCUT2D eigenvalue weighted by Gasteiger charge is 2.31. The molecule has 1 aliphatic heterocycles. The molecule has 0 bridgehead atoms. The summed E-state index contributed by atoms with van der Waals surface area (Å²) in [4.78, 5) is 14.1. The van der Waals surface area contributed by atoms with Crippen molar-refractivity contribution < 1.29 is 4.79 Å². The summed E-state index contributed by atoms with van der Waals surface area (Å²) in [5.41, 5.74) is 0. The molecule has 0 aromatic rings. The van der Waals surface area contributed by atoms with Crippen LogP contribution in [0.2, 0.25) is 0 Å². The van der Waals surface area contributed by atoms with Gasteiger partial charge in [0.2, 0.25) is 5.91 Å². The molecule has 17 heavy (non-hydrogen) atoms. The SMILES string of the molecule is CCNC(=O)CN(CC1CCCNC1)C1CC1. The molecule has 98 valence electrons. The van der Waals surface area contributed by atoms with E-state index in [1.165, 1.54) is 25.7 Å². The molecular weight excluding hydrogens is 214 g/mol. The summed E-state index contributed by atoms with van der Waals surface area (Å²) in [6.07, 6.45) is 5.15. The second-order valence-corrected chi connectivity index (χ2v) is 5.33. The van der Waals surface area contributed by atoms with Crippen LogP contribution in [0.25, 0.3) is 0 Å². The molecule has 1 atom stereocenters. The predicted molar refractivity (Wildman–Crippen MR) is 68.9 cm³/mol. The van der Waals surface area contributed by atoms with Crippen LogP contribution in [0.1, 0.15) is 32.6 Å². The average Bonchev–Trinajstić information content (AvgIpc) is 3.14. The standard InChI is InChI=1S/C13H25N3O/c1-2-15-13(17)10-16(12-5-6-12)9-11-4-3-7-14-8-11/h11-12,14H,2-10H2,1H3,(H,15,17). The number of rotatable bonds is 6. The Balaban J connectivity index is 1.77. The lowest BCUT2D eigenvalue weighted by Gasteiger charge is -2.29. The first-order valence-electron chi connectivity index (χ1n) is 7.01. The van der Waals surface area contributed by atoms with Gasteiger partial charge in [-0.3, -0.25) is 9.69 Å². The van der Waals surface area contributed by atoms with Gasteiger partial charge in [0.1, 0.15) is 0 Å². The van der Waals surface area contributed by atoms with Crippen molar-refractivity contribution >= 4 is 5.91 Å². The van der Waals surface area contributed by atoms with Crippen molar-refractivity contribution in [1.82, 2.24) is 15.5 Å². The maximum Gasteiger partial charge on any atom is 0.234 e. The van der Waals surface area contributed by atoms with Gasteiger partial charge in [0.05, 0.1) is 6.54 Å². The van der Waals surface area contributed by atoms with Gasteiger partial charge in [-0.25, -0.2) is 0 Å². The van der Waals surface area contributed by atoms with Crippen molar-refractivity contribution in [3.05, 3.63) is 0 Å². The van der Waals surface area contributed by atoms with Gasteiger partial charge in [-0.1, -0.05) is 0 Å². The molecule has 1 saturated heterocycles. The van der Waals surface area contributed by atoms with Crippen molar-refractivity contribution in [3.63, 3.8) is 0 Å². The van der Waals surface area contributed by atoms with Crippen molar-refractivity contribution in [1.29, 1.82) is 0 Å². The quantitative estimate of drug-likeness (QED) is 0.713. The van der Waals surface area contributed by atoms with E-state index in [-0.39, 0.29) is 5.91 Å². The fourth-order valence-corrected chi connectivity index (χ4v) is 2.63. The highest BCUT2D eigenvalue weighted by molar-refractivity contribution is 5.78. The van der Waals surface area contributed by atoms with Gasteiger partial charge in [0.25, 0.3) is 0 Å². The first-order chi connectivity index (χ1) is 8.29. The second-order valence-electron chi connectivity index (χ2n) is 5.33. The third-order valence-corrected chi connectivity index (χ3v) is 3.68. The topological polar surface area (TPSA) is 44.4 Å². The Morgan fingerprint density at radius 1 is 1.41 bits per heavy atom. The van der Waals surface area contributed by atoms with Gasteiger partial charge in [0.15, 0.2) is 0 Å². The number of piperidine rings is 1. The Hall–Kier alpha value is -0.610. The number of hydrogen-bond donors (Lipinski definition) is 2. The molecule has 2 N–H and O–H groups in total. The minimum atomic E-state index is 0.183. The third kappa shape index (κ3) is 4.28. The second kappa shape index (κ2) is 6.36. The monoisotopic (exact) mass is 239 g/mol. The molecule has 2 aliphatic rings. The van der Waals surface area contributed by atoms with Crippen molar-refractivity contribution in [3.8, 4) is 0 Å². The van der Waals surface area contributed by atoms with Crippen LogP contribution < -0.4 is 10.6 Å². The minimum Gasteiger partial charge on any atom is -0.355 e. The molecule has 4 nitrogen and oxygen atoms in total. The summed E-state index contributed by atoms with van der Waals surface area (Å²) in [7, 11) is 0. The van der Waals surface area contributed by atoms with E-state index in [1.54, 1.807) is 0 Å². The van der Waals surface area contributed by atoms with Gasteiger partial charge in [-0.15, -0.1) is 0 Å². The number of carbonyl (C=O) groups excluding carboxylic acids is 1. The van der Waals surface area contributed by atoms with Gasteiger partial charge in [0, 0.05) is 19.1 Å². The largest absolute Gasteiger partial charge is 0.355 e. The molecule has 1 saturated carbocycles. The summed E-state index contributed by atoms with van der Waals surface area (Å²) in [6.45, 7) is 6.69. The maximum atomic E-state index is 11.7. The molecule has 0 spiro atoms. The summed E-state index contributed by atoms with van der Waals surface area (Å²) in [5, 5.41) is 6.35. The molecule has 1 heterocycles. The Kier molecular flexibility index (Phi) is 4.80.